The number of hydrogen-bond acceptors (Lipinski definition) is 4. The second-order valence-electron chi connectivity index (χ2n) is 3.49. The molecule has 0 heterocycles. The van der Waals surface area contributed by atoms with E-state index in [1.165, 1.54) is 6.07 Å². The van der Waals surface area contributed by atoms with Gasteiger partial charge in [-0.05, 0) is 18.2 Å². The van der Waals surface area contributed by atoms with Gasteiger partial charge in [-0.2, -0.15) is 0 Å². The number of hydrogen-bond donors (Lipinski definition) is 2. The van der Waals surface area contributed by atoms with E-state index in [0.717, 1.165) is 0 Å². The van der Waals surface area contributed by atoms with Crippen molar-refractivity contribution in [2.45, 2.75) is 0 Å². The molecule has 1 aromatic rings. The molecule has 0 unspecified atom stereocenters. The van der Waals surface area contributed by atoms with Crippen molar-refractivity contribution in [3.05, 3.63) is 23.8 Å². The van der Waals surface area contributed by atoms with Gasteiger partial charge >= 0.3 is 5.97 Å². The van der Waals surface area contributed by atoms with Crippen LogP contribution in [0.25, 0.3) is 0 Å². The summed E-state index contributed by atoms with van der Waals surface area (Å²) in [6.45, 7) is 1.22. The lowest BCUT2D eigenvalue weighted by molar-refractivity contribution is 0.0697. The number of carbonyl (C=O) groups is 1. The fraction of sp³-hybridized carbons (Fsp3) is 0.364. The Bertz CT molecular complexity index is 379. The Morgan fingerprint density at radius 1 is 1.56 bits per heavy atom. The van der Waals surface area contributed by atoms with Crippen LogP contribution in [0.15, 0.2) is 18.2 Å². The Labute approximate surface area is 94.4 Å². The van der Waals surface area contributed by atoms with E-state index >= 15 is 0 Å². The number of likely N-dealkylation sites (N-methyl/N-ethyl adjacent to an activating group) is 1. The third-order valence-corrected chi connectivity index (χ3v) is 2.32. The second-order valence-corrected chi connectivity index (χ2v) is 3.49. The monoisotopic (exact) mass is 224 g/mol. The van der Waals surface area contributed by atoms with Crippen LogP contribution in [0, 0.1) is 0 Å². The quantitative estimate of drug-likeness (QED) is 0.731. The maximum Gasteiger partial charge on any atom is 0.335 e. The van der Waals surface area contributed by atoms with Crippen molar-refractivity contribution in [1.29, 1.82) is 0 Å². The summed E-state index contributed by atoms with van der Waals surface area (Å²) >= 11 is 0. The number of nitrogens with two attached hydrogens (primary N) is 1. The first kappa shape index (κ1) is 12.3. The smallest absolute Gasteiger partial charge is 0.335 e. The number of nitrogen functional groups attached to an aromatic ring is 1. The van der Waals surface area contributed by atoms with E-state index in [0.29, 0.717) is 24.5 Å². The summed E-state index contributed by atoms with van der Waals surface area (Å²) in [5.74, 6) is -0.957. The number of anilines is 2. The van der Waals surface area contributed by atoms with Gasteiger partial charge in [0.2, 0.25) is 0 Å². The maximum atomic E-state index is 10.8. The summed E-state index contributed by atoms with van der Waals surface area (Å²) in [5, 5.41) is 8.87. The van der Waals surface area contributed by atoms with Crippen molar-refractivity contribution in [1.82, 2.24) is 0 Å². The molecule has 1 aromatic carbocycles. The average molecular weight is 224 g/mol. The molecule has 0 amide bonds. The van der Waals surface area contributed by atoms with Crippen LogP contribution < -0.4 is 10.6 Å². The molecule has 0 aliphatic rings. The Morgan fingerprint density at radius 2 is 2.25 bits per heavy atom. The fourth-order valence-corrected chi connectivity index (χ4v) is 1.36. The van der Waals surface area contributed by atoms with Gasteiger partial charge in [0.25, 0.3) is 0 Å². The van der Waals surface area contributed by atoms with Gasteiger partial charge in [0, 0.05) is 20.7 Å². The summed E-state index contributed by atoms with van der Waals surface area (Å²) in [4.78, 5) is 12.7. The molecule has 88 valence electrons. The number of rotatable bonds is 5. The Hall–Kier alpha value is -1.75. The highest BCUT2D eigenvalue weighted by molar-refractivity contribution is 5.90. The van der Waals surface area contributed by atoms with Crippen LogP contribution in [0.1, 0.15) is 10.4 Å². The van der Waals surface area contributed by atoms with Crippen molar-refractivity contribution < 1.29 is 14.6 Å². The minimum absolute atomic E-state index is 0.230. The van der Waals surface area contributed by atoms with E-state index in [-0.39, 0.29) is 5.56 Å². The van der Waals surface area contributed by atoms with Crippen molar-refractivity contribution in [3.8, 4) is 0 Å². The van der Waals surface area contributed by atoms with E-state index in [1.807, 2.05) is 11.9 Å². The van der Waals surface area contributed by atoms with E-state index in [2.05, 4.69) is 0 Å². The highest BCUT2D eigenvalue weighted by Gasteiger charge is 2.09. The van der Waals surface area contributed by atoms with Gasteiger partial charge in [-0.25, -0.2) is 4.79 Å². The average Bonchev–Trinajstić information content (AvgIpc) is 2.26. The van der Waals surface area contributed by atoms with Gasteiger partial charge in [-0.1, -0.05) is 0 Å². The number of nitrogens with zero attached hydrogens (tertiary/aromatic N) is 1. The van der Waals surface area contributed by atoms with Crippen molar-refractivity contribution >= 4 is 17.3 Å². The molecule has 0 saturated heterocycles. The van der Waals surface area contributed by atoms with Gasteiger partial charge in [-0.15, -0.1) is 0 Å². The molecule has 0 spiro atoms. The molecule has 0 saturated carbocycles. The standard InChI is InChI=1S/C11H16N2O3/c1-13(5-6-16-2)10-7-8(11(14)15)3-4-9(10)12/h3-4,7H,5-6,12H2,1-2H3,(H,14,15). The molecule has 0 aliphatic heterocycles. The lowest BCUT2D eigenvalue weighted by Gasteiger charge is -2.20. The first-order chi connectivity index (χ1) is 7.56. The van der Waals surface area contributed by atoms with E-state index in [1.54, 1.807) is 19.2 Å². The van der Waals surface area contributed by atoms with Gasteiger partial charge in [0.1, 0.15) is 0 Å². The summed E-state index contributed by atoms with van der Waals surface area (Å²) in [7, 11) is 3.46. The molecule has 0 aromatic heterocycles. The molecular weight excluding hydrogens is 208 g/mol. The molecule has 5 nitrogen and oxygen atoms in total. The molecule has 5 heteroatoms. The normalized spacial score (nSPS) is 10.1. The minimum Gasteiger partial charge on any atom is -0.478 e. The zero-order valence-corrected chi connectivity index (χ0v) is 9.43. The van der Waals surface area contributed by atoms with Crippen molar-refractivity contribution in [2.75, 3.05) is 37.9 Å². The molecule has 0 radical (unpaired) electrons. The Kier molecular flexibility index (Phi) is 4.13. The first-order valence-corrected chi connectivity index (χ1v) is 4.89. The number of carboxylic acid groups (broad SMARTS) is 1. The number of aromatic carboxylic acids is 1. The highest BCUT2D eigenvalue weighted by Crippen LogP contribution is 2.23. The predicted octanol–water partition coefficient (Wildman–Crippen LogP) is 1.05. The zero-order chi connectivity index (χ0) is 12.1. The summed E-state index contributed by atoms with van der Waals surface area (Å²) in [5.41, 5.74) is 7.28. The van der Waals surface area contributed by atoms with E-state index < -0.39 is 5.97 Å². The third-order valence-electron chi connectivity index (χ3n) is 2.32. The second kappa shape index (κ2) is 5.37. The summed E-state index contributed by atoms with van der Waals surface area (Å²) < 4.78 is 4.95. The molecule has 16 heavy (non-hydrogen) atoms. The summed E-state index contributed by atoms with van der Waals surface area (Å²) in [6.07, 6.45) is 0. The number of benzene rings is 1. The van der Waals surface area contributed by atoms with Crippen LogP contribution in [0.2, 0.25) is 0 Å². The highest BCUT2D eigenvalue weighted by atomic mass is 16.5. The molecule has 0 aliphatic carbocycles. The van der Waals surface area contributed by atoms with Gasteiger partial charge in [0.15, 0.2) is 0 Å². The Balaban J connectivity index is 2.92. The van der Waals surface area contributed by atoms with Gasteiger partial charge in [-0.3, -0.25) is 0 Å². The van der Waals surface area contributed by atoms with Crippen LogP contribution in [-0.2, 0) is 4.74 Å². The molecule has 0 fully saturated rings. The number of methoxy groups -OCH3 is 1. The minimum atomic E-state index is -0.957. The van der Waals surface area contributed by atoms with E-state index in [4.69, 9.17) is 15.6 Å². The summed E-state index contributed by atoms with van der Waals surface area (Å²) in [6, 6.07) is 4.65. The van der Waals surface area contributed by atoms with Crippen molar-refractivity contribution in [2.24, 2.45) is 0 Å². The van der Waals surface area contributed by atoms with Crippen molar-refractivity contribution in [3.63, 3.8) is 0 Å². The van der Waals surface area contributed by atoms with Crippen LogP contribution in [0.3, 0.4) is 0 Å². The molecule has 3 N–H and O–H groups in total. The predicted molar refractivity (Wildman–Crippen MR) is 63.0 cm³/mol. The largest absolute Gasteiger partial charge is 0.478 e. The Morgan fingerprint density at radius 3 is 2.81 bits per heavy atom. The molecule has 1 rings (SSSR count). The van der Waals surface area contributed by atoms with Crippen LogP contribution in [0.5, 0.6) is 0 Å². The third kappa shape index (κ3) is 2.87. The van der Waals surface area contributed by atoms with Crippen LogP contribution >= 0.6 is 0 Å². The van der Waals surface area contributed by atoms with Crippen LogP contribution in [0.4, 0.5) is 11.4 Å². The first-order valence-electron chi connectivity index (χ1n) is 4.89. The molecule has 0 bridgehead atoms. The zero-order valence-electron chi connectivity index (χ0n) is 9.43. The molecule has 0 atom stereocenters. The lowest BCUT2D eigenvalue weighted by atomic mass is 10.1. The number of carboxylic acids is 1. The van der Waals surface area contributed by atoms with Crippen LogP contribution in [-0.4, -0.2) is 38.4 Å². The SMILES string of the molecule is COCCN(C)c1cc(C(=O)O)ccc1N. The van der Waals surface area contributed by atoms with Gasteiger partial charge in [0.05, 0.1) is 23.5 Å². The lowest BCUT2D eigenvalue weighted by Crippen LogP contribution is -2.23. The van der Waals surface area contributed by atoms with Gasteiger partial charge < -0.3 is 20.5 Å². The molecular formula is C11H16N2O3. The topological polar surface area (TPSA) is 75.8 Å². The fourth-order valence-electron chi connectivity index (χ4n) is 1.36. The maximum absolute atomic E-state index is 10.8. The van der Waals surface area contributed by atoms with E-state index in [9.17, 15) is 4.79 Å². The number of ether oxygens (including phenoxy) is 1.